The molecule has 4 aromatic rings. The number of ketones is 1. The van der Waals surface area contributed by atoms with E-state index < -0.39 is 18.0 Å². The number of nitrogen functional groups attached to an aromatic ring is 1. The van der Waals surface area contributed by atoms with Gasteiger partial charge in [0.2, 0.25) is 0 Å². The summed E-state index contributed by atoms with van der Waals surface area (Å²) in [6.45, 7) is 3.62. The highest BCUT2D eigenvalue weighted by atomic mass is 19.4. The average Bonchev–Trinajstić information content (AvgIpc) is 2.82. The number of nitrogens with zero attached hydrogens (tertiary/aromatic N) is 3. The molecule has 0 amide bonds. The predicted molar refractivity (Wildman–Crippen MR) is 130 cm³/mol. The van der Waals surface area contributed by atoms with Gasteiger partial charge < -0.3 is 10.5 Å². The van der Waals surface area contributed by atoms with Crippen molar-refractivity contribution in [2.45, 2.75) is 33.1 Å². The number of halogens is 4. The van der Waals surface area contributed by atoms with E-state index >= 15 is 0 Å². The lowest BCUT2D eigenvalue weighted by Crippen LogP contribution is -2.18. The van der Waals surface area contributed by atoms with Crippen LogP contribution in [0.4, 0.5) is 23.4 Å². The minimum absolute atomic E-state index is 0.0330. The highest BCUT2D eigenvalue weighted by Crippen LogP contribution is 2.32. The van der Waals surface area contributed by atoms with Crippen LogP contribution in [0.15, 0.2) is 60.7 Å². The number of carbonyl (C=O) groups is 1. The number of benzene rings is 2. The van der Waals surface area contributed by atoms with Crippen LogP contribution in [0.5, 0.6) is 5.75 Å². The van der Waals surface area contributed by atoms with E-state index in [9.17, 15) is 22.4 Å². The van der Waals surface area contributed by atoms with Crippen LogP contribution in [0, 0.1) is 19.7 Å². The first-order chi connectivity index (χ1) is 17.5. The number of Topliss-reactive ketones (excluding diaryl/α,β-unsaturated/α-hetero) is 1. The maximum Gasteiger partial charge on any atom is 0.573 e. The third-order valence-corrected chi connectivity index (χ3v) is 5.48. The predicted octanol–water partition coefficient (Wildman–Crippen LogP) is 6.26. The van der Waals surface area contributed by atoms with Gasteiger partial charge in [0.25, 0.3) is 0 Å². The van der Waals surface area contributed by atoms with Crippen LogP contribution in [0.25, 0.3) is 22.5 Å². The van der Waals surface area contributed by atoms with Gasteiger partial charge in [-0.25, -0.2) is 14.4 Å². The molecule has 6 nitrogen and oxygen atoms in total. The van der Waals surface area contributed by atoms with Crippen LogP contribution in [0.1, 0.15) is 33.9 Å². The lowest BCUT2D eigenvalue weighted by Gasteiger charge is -2.14. The molecule has 0 aliphatic heterocycles. The van der Waals surface area contributed by atoms with E-state index in [2.05, 4.69) is 19.7 Å². The van der Waals surface area contributed by atoms with Gasteiger partial charge in [-0.2, -0.15) is 0 Å². The van der Waals surface area contributed by atoms with Crippen molar-refractivity contribution in [2.75, 3.05) is 5.73 Å². The number of aromatic nitrogens is 3. The number of nitrogens with two attached hydrogens (primary N) is 1. The Bertz CT molecular complexity index is 1430. The van der Waals surface area contributed by atoms with E-state index in [1.165, 1.54) is 42.5 Å². The zero-order chi connectivity index (χ0) is 26.7. The van der Waals surface area contributed by atoms with E-state index in [4.69, 9.17) is 5.73 Å². The van der Waals surface area contributed by atoms with Gasteiger partial charge in [-0.15, -0.1) is 13.2 Å². The van der Waals surface area contributed by atoms with Crippen LogP contribution < -0.4 is 10.5 Å². The average molecular weight is 510 g/mol. The van der Waals surface area contributed by atoms with Crippen molar-refractivity contribution in [2.24, 2.45) is 0 Å². The van der Waals surface area contributed by atoms with Gasteiger partial charge >= 0.3 is 6.36 Å². The molecule has 2 aromatic heterocycles. The van der Waals surface area contributed by atoms with Gasteiger partial charge in [0, 0.05) is 28.9 Å². The summed E-state index contributed by atoms with van der Waals surface area (Å²) in [5, 5.41) is 0. The molecule has 2 heterocycles. The maximum absolute atomic E-state index is 13.5. The Morgan fingerprint density at radius 1 is 0.892 bits per heavy atom. The molecule has 0 bridgehead atoms. The number of carbonyl (C=O) groups excluding carboxylic acids is 1. The fraction of sp³-hybridized carbons (Fsp3) is 0.185. The van der Waals surface area contributed by atoms with Gasteiger partial charge in [0.1, 0.15) is 17.3 Å². The first-order valence-electron chi connectivity index (χ1n) is 11.3. The minimum atomic E-state index is -4.86. The topological polar surface area (TPSA) is 91.0 Å². The number of para-hydroxylation sites is 1. The number of hydrogen-bond donors (Lipinski definition) is 1. The number of ether oxygens (including phenoxy) is 1. The van der Waals surface area contributed by atoms with Crippen molar-refractivity contribution in [1.82, 2.24) is 15.0 Å². The summed E-state index contributed by atoms with van der Waals surface area (Å²) in [7, 11) is 0. The molecule has 0 radical (unpaired) electrons. The number of alkyl halides is 3. The van der Waals surface area contributed by atoms with Crippen LogP contribution in [-0.2, 0) is 6.42 Å². The van der Waals surface area contributed by atoms with Crippen LogP contribution in [0.2, 0.25) is 0 Å². The lowest BCUT2D eigenvalue weighted by atomic mass is 10.0. The summed E-state index contributed by atoms with van der Waals surface area (Å²) in [6, 6.07) is 14.8. The zero-order valence-corrected chi connectivity index (χ0v) is 19.9. The zero-order valence-electron chi connectivity index (χ0n) is 19.9. The molecule has 0 saturated carbocycles. The third kappa shape index (κ3) is 6.27. The molecule has 0 fully saturated rings. The van der Waals surface area contributed by atoms with Crippen molar-refractivity contribution >= 4 is 11.6 Å². The third-order valence-electron chi connectivity index (χ3n) is 5.48. The molecule has 2 aromatic carbocycles. The highest BCUT2D eigenvalue weighted by Gasteiger charge is 2.32. The monoisotopic (exact) mass is 510 g/mol. The smallest absolute Gasteiger partial charge is 0.406 e. The Morgan fingerprint density at radius 2 is 1.51 bits per heavy atom. The molecule has 0 unspecified atom stereocenters. The standard InChI is InChI=1S/C27H22F4N4O2/c1-15-13-19(14-16(2)33-15)24-23(18-7-10-20(28)11-8-18)35-26(32)25(34-24)21(36)12-9-17-5-3-4-6-22(17)37-27(29,30)31/h3-8,10-11,13-14H,9,12H2,1-2H3,(H2,32,35). The van der Waals surface area contributed by atoms with E-state index in [0.717, 1.165) is 0 Å². The molecule has 37 heavy (non-hydrogen) atoms. The fourth-order valence-corrected chi connectivity index (χ4v) is 3.94. The van der Waals surface area contributed by atoms with Crippen molar-refractivity contribution in [1.29, 1.82) is 0 Å². The van der Waals surface area contributed by atoms with Crippen molar-refractivity contribution in [3.63, 3.8) is 0 Å². The molecule has 10 heteroatoms. The molecule has 0 aliphatic rings. The number of hydrogen-bond acceptors (Lipinski definition) is 6. The SMILES string of the molecule is Cc1cc(-c2nc(C(=O)CCc3ccccc3OC(F)(F)F)c(N)nc2-c2ccc(F)cc2)cc(C)n1. The summed E-state index contributed by atoms with van der Waals surface area (Å²) in [6.07, 6.45) is -5.07. The van der Waals surface area contributed by atoms with E-state index in [0.29, 0.717) is 33.9 Å². The Morgan fingerprint density at radius 3 is 2.16 bits per heavy atom. The van der Waals surface area contributed by atoms with E-state index in [-0.39, 0.29) is 35.7 Å². The number of rotatable bonds is 7. The molecule has 190 valence electrons. The van der Waals surface area contributed by atoms with Crippen molar-refractivity contribution in [3.8, 4) is 28.3 Å². The van der Waals surface area contributed by atoms with E-state index in [1.807, 2.05) is 13.8 Å². The Kier molecular flexibility index (Phi) is 7.19. The van der Waals surface area contributed by atoms with Crippen LogP contribution >= 0.6 is 0 Å². The van der Waals surface area contributed by atoms with E-state index in [1.54, 1.807) is 18.2 Å². The second-order valence-electron chi connectivity index (χ2n) is 8.38. The molecule has 0 atom stereocenters. The Balaban J connectivity index is 1.72. The second kappa shape index (κ2) is 10.3. The fourth-order valence-electron chi connectivity index (χ4n) is 3.94. The molecular weight excluding hydrogens is 488 g/mol. The molecule has 0 saturated heterocycles. The summed E-state index contributed by atoms with van der Waals surface area (Å²) in [5.74, 6) is -1.45. The molecular formula is C27H22F4N4O2. The number of aryl methyl sites for hydroxylation is 3. The van der Waals surface area contributed by atoms with Gasteiger partial charge in [-0.05, 0) is 68.3 Å². The first kappa shape index (κ1) is 25.7. The largest absolute Gasteiger partial charge is 0.573 e. The van der Waals surface area contributed by atoms with Crippen molar-refractivity contribution in [3.05, 3.63) is 89.1 Å². The molecule has 0 aliphatic carbocycles. The minimum Gasteiger partial charge on any atom is -0.406 e. The normalized spacial score (nSPS) is 11.4. The van der Waals surface area contributed by atoms with Crippen molar-refractivity contribution < 1.29 is 27.1 Å². The maximum atomic E-state index is 13.5. The summed E-state index contributed by atoms with van der Waals surface area (Å²) >= 11 is 0. The van der Waals surface area contributed by atoms with Gasteiger partial charge in [-0.3, -0.25) is 9.78 Å². The number of anilines is 1. The molecule has 2 N–H and O–H groups in total. The van der Waals surface area contributed by atoms with Gasteiger partial charge in [0.05, 0.1) is 11.4 Å². The van der Waals surface area contributed by atoms with Gasteiger partial charge in [-0.1, -0.05) is 18.2 Å². The van der Waals surface area contributed by atoms with Crippen LogP contribution in [-0.4, -0.2) is 27.1 Å². The Hall–Kier alpha value is -4.34. The lowest BCUT2D eigenvalue weighted by molar-refractivity contribution is -0.274. The summed E-state index contributed by atoms with van der Waals surface area (Å²) < 4.78 is 55.9. The molecule has 4 rings (SSSR count). The van der Waals surface area contributed by atoms with Gasteiger partial charge in [0.15, 0.2) is 11.6 Å². The highest BCUT2D eigenvalue weighted by molar-refractivity contribution is 5.99. The Labute approximate surface area is 210 Å². The summed E-state index contributed by atoms with van der Waals surface area (Å²) in [5.41, 5.74) is 9.53. The molecule has 0 spiro atoms. The summed E-state index contributed by atoms with van der Waals surface area (Å²) in [4.78, 5) is 26.5. The second-order valence-corrected chi connectivity index (χ2v) is 8.38. The van der Waals surface area contributed by atoms with Crippen LogP contribution in [0.3, 0.4) is 0 Å². The number of pyridine rings is 1. The quantitative estimate of drug-likeness (QED) is 0.233. The first-order valence-corrected chi connectivity index (χ1v) is 11.3.